The quantitative estimate of drug-likeness (QED) is 0.770. The zero-order valence-corrected chi connectivity index (χ0v) is 9.34. The highest BCUT2D eigenvalue weighted by atomic mass is 15.2. The molecule has 1 aliphatic rings. The van der Waals surface area contributed by atoms with E-state index in [2.05, 4.69) is 23.1 Å². The predicted octanol–water partition coefficient (Wildman–Crippen LogP) is 2.69. The summed E-state index contributed by atoms with van der Waals surface area (Å²) in [6.07, 6.45) is 6.47. The molecule has 82 valence electrons. The van der Waals surface area contributed by atoms with E-state index in [1.165, 1.54) is 12.8 Å². The van der Waals surface area contributed by atoms with E-state index in [0.717, 1.165) is 18.7 Å². The van der Waals surface area contributed by atoms with E-state index in [4.69, 9.17) is 5.26 Å². The van der Waals surface area contributed by atoms with Gasteiger partial charge in [-0.25, -0.2) is 0 Å². The van der Waals surface area contributed by atoms with E-state index in [1.54, 1.807) is 0 Å². The third kappa shape index (κ3) is 2.71. The maximum Gasteiger partial charge on any atom is 0.117 e. The molecule has 1 aliphatic heterocycles. The molecule has 0 aliphatic carbocycles. The van der Waals surface area contributed by atoms with Crippen LogP contribution < -0.4 is 0 Å². The standard InChI is InChI=1S/C14H16N2/c15-12-14(16-10-4-5-11-16)9-8-13-6-2-1-3-7-13/h1-3,6-9,14H,4-5,10-11H2/b9-8+. The third-order valence-electron chi connectivity index (χ3n) is 2.94. The Kier molecular flexibility index (Phi) is 3.74. The second-order valence-corrected chi connectivity index (χ2v) is 4.09. The molecule has 2 rings (SSSR count). The lowest BCUT2D eigenvalue weighted by Gasteiger charge is -2.17. The Bertz CT molecular complexity index is 383. The first-order valence-electron chi connectivity index (χ1n) is 5.77. The Morgan fingerprint density at radius 1 is 1.19 bits per heavy atom. The molecule has 2 heteroatoms. The van der Waals surface area contributed by atoms with Crippen molar-refractivity contribution >= 4 is 6.08 Å². The number of benzene rings is 1. The van der Waals surface area contributed by atoms with Crippen LogP contribution in [0.25, 0.3) is 6.08 Å². The van der Waals surface area contributed by atoms with E-state index >= 15 is 0 Å². The molecular formula is C14H16N2. The molecule has 1 saturated heterocycles. The van der Waals surface area contributed by atoms with Gasteiger partial charge in [-0.05, 0) is 31.5 Å². The fourth-order valence-corrected chi connectivity index (χ4v) is 2.03. The Morgan fingerprint density at radius 3 is 2.50 bits per heavy atom. The summed E-state index contributed by atoms with van der Waals surface area (Å²) in [6.45, 7) is 2.11. The van der Waals surface area contributed by atoms with Gasteiger partial charge in [0.25, 0.3) is 0 Å². The molecule has 1 aromatic rings. The molecule has 0 aromatic heterocycles. The van der Waals surface area contributed by atoms with Crippen molar-refractivity contribution in [3.8, 4) is 6.07 Å². The van der Waals surface area contributed by atoms with Gasteiger partial charge in [-0.1, -0.05) is 42.5 Å². The molecule has 1 unspecified atom stereocenters. The first-order chi connectivity index (χ1) is 7.90. The van der Waals surface area contributed by atoms with Gasteiger partial charge in [0.05, 0.1) is 6.07 Å². The van der Waals surface area contributed by atoms with Crippen molar-refractivity contribution in [2.45, 2.75) is 18.9 Å². The van der Waals surface area contributed by atoms with E-state index in [9.17, 15) is 0 Å². The van der Waals surface area contributed by atoms with E-state index in [-0.39, 0.29) is 6.04 Å². The molecule has 0 saturated carbocycles. The molecule has 0 radical (unpaired) electrons. The van der Waals surface area contributed by atoms with Gasteiger partial charge in [-0.15, -0.1) is 0 Å². The highest BCUT2D eigenvalue weighted by Crippen LogP contribution is 2.13. The summed E-state index contributed by atoms with van der Waals surface area (Å²) >= 11 is 0. The number of hydrogen-bond acceptors (Lipinski definition) is 2. The number of nitriles is 1. The Balaban J connectivity index is 2.02. The van der Waals surface area contributed by atoms with Crippen molar-refractivity contribution in [1.82, 2.24) is 4.90 Å². The lowest BCUT2D eigenvalue weighted by Crippen LogP contribution is -2.29. The summed E-state index contributed by atoms with van der Waals surface area (Å²) in [7, 11) is 0. The van der Waals surface area contributed by atoms with Crippen molar-refractivity contribution < 1.29 is 0 Å². The van der Waals surface area contributed by atoms with Crippen molar-refractivity contribution in [2.75, 3.05) is 13.1 Å². The van der Waals surface area contributed by atoms with Gasteiger partial charge in [-0.2, -0.15) is 5.26 Å². The van der Waals surface area contributed by atoms with Crippen LogP contribution in [0.5, 0.6) is 0 Å². The summed E-state index contributed by atoms with van der Waals surface area (Å²) in [5, 5.41) is 9.12. The molecule has 16 heavy (non-hydrogen) atoms. The van der Waals surface area contributed by atoms with Gasteiger partial charge < -0.3 is 0 Å². The van der Waals surface area contributed by atoms with Crippen LogP contribution in [-0.4, -0.2) is 24.0 Å². The monoisotopic (exact) mass is 212 g/mol. The average Bonchev–Trinajstić information content (AvgIpc) is 2.85. The Labute approximate surface area is 96.8 Å². The van der Waals surface area contributed by atoms with Crippen LogP contribution in [0.4, 0.5) is 0 Å². The first-order valence-corrected chi connectivity index (χ1v) is 5.77. The van der Waals surface area contributed by atoms with Crippen LogP contribution in [0.2, 0.25) is 0 Å². The zero-order valence-electron chi connectivity index (χ0n) is 9.34. The highest BCUT2D eigenvalue weighted by molar-refractivity contribution is 5.50. The largest absolute Gasteiger partial charge is 0.285 e. The summed E-state index contributed by atoms with van der Waals surface area (Å²) in [5.41, 5.74) is 1.15. The van der Waals surface area contributed by atoms with Gasteiger partial charge in [0.15, 0.2) is 0 Å². The van der Waals surface area contributed by atoms with Gasteiger partial charge in [0.1, 0.15) is 6.04 Å². The fourth-order valence-electron chi connectivity index (χ4n) is 2.03. The lowest BCUT2D eigenvalue weighted by molar-refractivity contribution is 0.329. The van der Waals surface area contributed by atoms with Crippen LogP contribution in [0.3, 0.4) is 0 Å². The van der Waals surface area contributed by atoms with Crippen LogP contribution >= 0.6 is 0 Å². The van der Waals surface area contributed by atoms with E-state index in [1.807, 2.05) is 30.4 Å². The molecule has 0 N–H and O–H groups in total. The maximum absolute atomic E-state index is 9.12. The molecule has 1 aromatic carbocycles. The molecule has 0 spiro atoms. The third-order valence-corrected chi connectivity index (χ3v) is 2.94. The molecule has 1 fully saturated rings. The topological polar surface area (TPSA) is 27.0 Å². The predicted molar refractivity (Wildman–Crippen MR) is 65.7 cm³/mol. The number of nitrogens with zero attached hydrogens (tertiary/aromatic N) is 2. The van der Waals surface area contributed by atoms with Crippen LogP contribution in [-0.2, 0) is 0 Å². The maximum atomic E-state index is 9.12. The zero-order chi connectivity index (χ0) is 11.2. The summed E-state index contributed by atoms with van der Waals surface area (Å²) in [5.74, 6) is 0. The fraction of sp³-hybridized carbons (Fsp3) is 0.357. The molecule has 0 bridgehead atoms. The summed E-state index contributed by atoms with van der Waals surface area (Å²) in [6, 6.07) is 12.4. The smallest absolute Gasteiger partial charge is 0.117 e. The second-order valence-electron chi connectivity index (χ2n) is 4.09. The second kappa shape index (κ2) is 5.48. The SMILES string of the molecule is N#CC(/C=C/c1ccccc1)N1CCCC1. The van der Waals surface area contributed by atoms with Crippen molar-refractivity contribution in [1.29, 1.82) is 5.26 Å². The van der Waals surface area contributed by atoms with E-state index < -0.39 is 0 Å². The first kappa shape index (κ1) is 10.9. The van der Waals surface area contributed by atoms with Gasteiger partial charge in [0.2, 0.25) is 0 Å². The van der Waals surface area contributed by atoms with Crippen molar-refractivity contribution in [3.05, 3.63) is 42.0 Å². The van der Waals surface area contributed by atoms with Gasteiger partial charge >= 0.3 is 0 Å². The van der Waals surface area contributed by atoms with Crippen molar-refractivity contribution in [3.63, 3.8) is 0 Å². The molecule has 1 heterocycles. The molecule has 0 amide bonds. The summed E-state index contributed by atoms with van der Waals surface area (Å²) in [4.78, 5) is 2.24. The number of rotatable bonds is 3. The lowest BCUT2D eigenvalue weighted by atomic mass is 10.1. The van der Waals surface area contributed by atoms with Crippen LogP contribution in [0.1, 0.15) is 18.4 Å². The minimum atomic E-state index is -0.0669. The van der Waals surface area contributed by atoms with E-state index in [0.29, 0.717) is 0 Å². The minimum absolute atomic E-state index is 0.0669. The Hall–Kier alpha value is -1.59. The van der Waals surface area contributed by atoms with Crippen LogP contribution in [0, 0.1) is 11.3 Å². The number of likely N-dealkylation sites (tertiary alicyclic amines) is 1. The van der Waals surface area contributed by atoms with Gasteiger partial charge in [0, 0.05) is 0 Å². The average molecular weight is 212 g/mol. The van der Waals surface area contributed by atoms with Crippen molar-refractivity contribution in [2.24, 2.45) is 0 Å². The highest BCUT2D eigenvalue weighted by Gasteiger charge is 2.18. The normalized spacial score (nSPS) is 18.7. The minimum Gasteiger partial charge on any atom is -0.285 e. The Morgan fingerprint density at radius 2 is 1.88 bits per heavy atom. The summed E-state index contributed by atoms with van der Waals surface area (Å²) < 4.78 is 0. The van der Waals surface area contributed by atoms with Crippen LogP contribution in [0.15, 0.2) is 36.4 Å². The molecular weight excluding hydrogens is 196 g/mol. The van der Waals surface area contributed by atoms with Gasteiger partial charge in [-0.3, -0.25) is 4.90 Å². The number of hydrogen-bond donors (Lipinski definition) is 0. The molecule has 2 nitrogen and oxygen atoms in total. The molecule has 1 atom stereocenters.